The van der Waals surface area contributed by atoms with Crippen LogP contribution in [0.3, 0.4) is 0 Å². The van der Waals surface area contributed by atoms with Crippen molar-refractivity contribution in [3.8, 4) is 0 Å². The summed E-state index contributed by atoms with van der Waals surface area (Å²) in [6.45, 7) is 5.77. The number of β-amino-alcohol motifs (C(OH)–C–C–N with tert-alkyl or cyclic N) is 1. The summed E-state index contributed by atoms with van der Waals surface area (Å²) in [5.74, 6) is 0.856. The van der Waals surface area contributed by atoms with Gasteiger partial charge in [0.2, 0.25) is 0 Å². The Labute approximate surface area is 87.1 Å². The van der Waals surface area contributed by atoms with Gasteiger partial charge in [0.15, 0.2) is 0 Å². The second-order valence-electron chi connectivity index (χ2n) is 4.31. The smallest absolute Gasteiger partial charge is 0.0900 e. The largest absolute Gasteiger partial charge is 0.389 e. The number of methoxy groups -OCH3 is 1. The molecule has 1 N–H and O–H groups in total. The van der Waals surface area contributed by atoms with E-state index in [1.165, 1.54) is 19.3 Å². The fraction of sp³-hybridized carbons (Fsp3) is 1.00. The van der Waals surface area contributed by atoms with Gasteiger partial charge < -0.3 is 14.7 Å². The molecule has 0 aromatic heterocycles. The lowest BCUT2D eigenvalue weighted by molar-refractivity contribution is 0.0420. The van der Waals surface area contributed by atoms with E-state index in [1.54, 1.807) is 7.11 Å². The molecule has 1 aliphatic heterocycles. The fourth-order valence-electron chi connectivity index (χ4n) is 2.27. The lowest BCUT2D eigenvalue weighted by Crippen LogP contribution is -2.33. The van der Waals surface area contributed by atoms with Crippen molar-refractivity contribution in [3.63, 3.8) is 0 Å². The van der Waals surface area contributed by atoms with Crippen molar-refractivity contribution in [2.45, 2.75) is 32.3 Å². The van der Waals surface area contributed by atoms with Gasteiger partial charge in [-0.15, -0.1) is 0 Å². The topological polar surface area (TPSA) is 32.7 Å². The Morgan fingerprint density at radius 1 is 1.57 bits per heavy atom. The maximum atomic E-state index is 9.56. The van der Waals surface area contributed by atoms with Crippen LogP contribution in [0, 0.1) is 5.92 Å². The zero-order valence-corrected chi connectivity index (χ0v) is 9.41. The quantitative estimate of drug-likeness (QED) is 0.699. The van der Waals surface area contributed by atoms with Crippen molar-refractivity contribution < 1.29 is 9.84 Å². The summed E-state index contributed by atoms with van der Waals surface area (Å²) in [7, 11) is 1.63. The van der Waals surface area contributed by atoms with Gasteiger partial charge in [-0.2, -0.15) is 0 Å². The molecule has 0 bridgehead atoms. The summed E-state index contributed by atoms with van der Waals surface area (Å²) in [6.07, 6.45) is 3.59. The molecule has 1 aliphatic rings. The minimum Gasteiger partial charge on any atom is -0.389 e. The average molecular weight is 201 g/mol. The number of nitrogens with zero attached hydrogens (tertiary/aromatic N) is 1. The van der Waals surface area contributed by atoms with E-state index in [9.17, 15) is 5.11 Å². The van der Waals surface area contributed by atoms with Crippen LogP contribution in [-0.4, -0.2) is 49.5 Å². The molecule has 3 heteroatoms. The Morgan fingerprint density at radius 2 is 2.36 bits per heavy atom. The van der Waals surface area contributed by atoms with E-state index >= 15 is 0 Å². The Hall–Kier alpha value is -0.120. The van der Waals surface area contributed by atoms with Gasteiger partial charge in [0.1, 0.15) is 0 Å². The first-order valence-corrected chi connectivity index (χ1v) is 5.65. The lowest BCUT2D eigenvalue weighted by atomic mass is 10.0. The molecule has 2 atom stereocenters. The van der Waals surface area contributed by atoms with Gasteiger partial charge in [-0.3, -0.25) is 0 Å². The second kappa shape index (κ2) is 6.38. The highest BCUT2D eigenvalue weighted by Gasteiger charge is 2.23. The first kappa shape index (κ1) is 12.0. The third kappa shape index (κ3) is 3.95. The predicted molar refractivity (Wildman–Crippen MR) is 57.3 cm³/mol. The van der Waals surface area contributed by atoms with Crippen molar-refractivity contribution in [1.29, 1.82) is 0 Å². The molecular formula is C11H23NO2. The van der Waals surface area contributed by atoms with Crippen molar-refractivity contribution in [3.05, 3.63) is 0 Å². The SMILES string of the molecule is CCC[C@H]1CCN(C[C@H](O)COC)C1. The van der Waals surface area contributed by atoms with Crippen LogP contribution < -0.4 is 0 Å². The standard InChI is InChI=1S/C11H23NO2/c1-3-4-10-5-6-12(7-10)8-11(13)9-14-2/h10-11,13H,3-9H2,1-2H3/t10-,11-/m0/s1. The van der Waals surface area contributed by atoms with E-state index < -0.39 is 0 Å². The molecule has 84 valence electrons. The molecule has 0 radical (unpaired) electrons. The molecule has 0 unspecified atom stereocenters. The molecular weight excluding hydrogens is 178 g/mol. The van der Waals surface area contributed by atoms with Gasteiger partial charge in [0, 0.05) is 20.2 Å². The Morgan fingerprint density at radius 3 is 3.00 bits per heavy atom. The summed E-state index contributed by atoms with van der Waals surface area (Å²) in [6, 6.07) is 0. The Balaban J connectivity index is 2.15. The van der Waals surface area contributed by atoms with E-state index in [0.29, 0.717) is 6.61 Å². The summed E-state index contributed by atoms with van der Waals surface area (Å²) < 4.78 is 4.91. The molecule has 0 aromatic rings. The summed E-state index contributed by atoms with van der Waals surface area (Å²) in [5.41, 5.74) is 0. The van der Waals surface area contributed by atoms with Gasteiger partial charge in [-0.05, 0) is 25.3 Å². The van der Waals surface area contributed by atoms with Crippen LogP contribution >= 0.6 is 0 Å². The van der Waals surface area contributed by atoms with Crippen molar-refractivity contribution in [1.82, 2.24) is 4.90 Å². The molecule has 0 saturated carbocycles. The van der Waals surface area contributed by atoms with Crippen LogP contribution in [0.25, 0.3) is 0 Å². The minimum atomic E-state index is -0.319. The first-order chi connectivity index (χ1) is 6.76. The molecule has 14 heavy (non-hydrogen) atoms. The average Bonchev–Trinajstić information content (AvgIpc) is 2.53. The van der Waals surface area contributed by atoms with Gasteiger partial charge in [0.05, 0.1) is 12.7 Å². The minimum absolute atomic E-state index is 0.319. The summed E-state index contributed by atoms with van der Waals surface area (Å²) in [4.78, 5) is 2.35. The van der Waals surface area contributed by atoms with Crippen LogP contribution in [0.5, 0.6) is 0 Å². The van der Waals surface area contributed by atoms with Gasteiger partial charge >= 0.3 is 0 Å². The number of hydrogen-bond donors (Lipinski definition) is 1. The number of aliphatic hydroxyl groups is 1. The van der Waals surface area contributed by atoms with E-state index in [0.717, 1.165) is 25.6 Å². The van der Waals surface area contributed by atoms with E-state index in [2.05, 4.69) is 11.8 Å². The molecule has 1 heterocycles. The number of ether oxygens (including phenoxy) is 1. The highest BCUT2D eigenvalue weighted by Crippen LogP contribution is 2.20. The Bertz CT molecular complexity index is 152. The predicted octanol–water partition coefficient (Wildman–Crippen LogP) is 1.12. The molecule has 1 saturated heterocycles. The zero-order valence-electron chi connectivity index (χ0n) is 9.41. The van der Waals surface area contributed by atoms with Crippen molar-refractivity contribution in [2.24, 2.45) is 5.92 Å². The first-order valence-electron chi connectivity index (χ1n) is 5.65. The maximum absolute atomic E-state index is 9.56. The zero-order chi connectivity index (χ0) is 10.4. The number of likely N-dealkylation sites (tertiary alicyclic amines) is 1. The number of hydrogen-bond acceptors (Lipinski definition) is 3. The monoisotopic (exact) mass is 201 g/mol. The molecule has 0 aromatic carbocycles. The highest BCUT2D eigenvalue weighted by molar-refractivity contribution is 4.76. The van der Waals surface area contributed by atoms with Crippen LogP contribution in [-0.2, 0) is 4.74 Å². The van der Waals surface area contributed by atoms with Crippen LogP contribution in [0.1, 0.15) is 26.2 Å². The van der Waals surface area contributed by atoms with Crippen molar-refractivity contribution >= 4 is 0 Å². The highest BCUT2D eigenvalue weighted by atomic mass is 16.5. The van der Waals surface area contributed by atoms with Gasteiger partial charge in [0.25, 0.3) is 0 Å². The molecule has 3 nitrogen and oxygen atoms in total. The molecule has 1 rings (SSSR count). The van der Waals surface area contributed by atoms with E-state index in [4.69, 9.17) is 4.74 Å². The molecule has 1 fully saturated rings. The van der Waals surface area contributed by atoms with Gasteiger partial charge in [-0.1, -0.05) is 13.3 Å². The number of rotatable bonds is 6. The molecule has 0 aliphatic carbocycles. The fourth-order valence-corrected chi connectivity index (χ4v) is 2.27. The normalized spacial score (nSPS) is 25.5. The van der Waals surface area contributed by atoms with Crippen LogP contribution in [0.15, 0.2) is 0 Å². The summed E-state index contributed by atoms with van der Waals surface area (Å²) >= 11 is 0. The Kier molecular flexibility index (Phi) is 5.45. The maximum Gasteiger partial charge on any atom is 0.0900 e. The van der Waals surface area contributed by atoms with E-state index in [-0.39, 0.29) is 6.10 Å². The molecule has 0 amide bonds. The van der Waals surface area contributed by atoms with Crippen LogP contribution in [0.2, 0.25) is 0 Å². The third-order valence-electron chi connectivity index (χ3n) is 2.89. The number of aliphatic hydroxyl groups excluding tert-OH is 1. The van der Waals surface area contributed by atoms with Crippen molar-refractivity contribution in [2.75, 3.05) is 33.4 Å². The second-order valence-corrected chi connectivity index (χ2v) is 4.31. The van der Waals surface area contributed by atoms with Crippen LogP contribution in [0.4, 0.5) is 0 Å². The van der Waals surface area contributed by atoms with Gasteiger partial charge in [-0.25, -0.2) is 0 Å². The third-order valence-corrected chi connectivity index (χ3v) is 2.89. The van der Waals surface area contributed by atoms with E-state index in [1.807, 2.05) is 0 Å². The molecule has 0 spiro atoms. The lowest BCUT2D eigenvalue weighted by Gasteiger charge is -2.19. The summed E-state index contributed by atoms with van der Waals surface area (Å²) in [5, 5.41) is 9.56.